The summed E-state index contributed by atoms with van der Waals surface area (Å²) in [6, 6.07) is 7.33. The van der Waals surface area contributed by atoms with Crippen LogP contribution in [0, 0.1) is 0 Å². The molecule has 1 aliphatic rings. The van der Waals surface area contributed by atoms with Crippen LogP contribution in [0.25, 0.3) is 0 Å². The Balaban J connectivity index is 0.00000128. The molecule has 16 heavy (non-hydrogen) atoms. The van der Waals surface area contributed by atoms with Crippen molar-refractivity contribution < 1.29 is 4.79 Å². The zero-order chi connectivity index (χ0) is 10.8. The number of benzene rings is 1. The lowest BCUT2D eigenvalue weighted by Gasteiger charge is -2.24. The SMILES string of the molecule is Cl.NC(=O)[C@H]1CCCN1c1ccc(Cl)cc1. The first-order valence-corrected chi connectivity index (χ1v) is 5.38. The predicted octanol–water partition coefficient (Wildman–Crippen LogP) is 2.22. The molecule has 1 aliphatic heterocycles. The summed E-state index contributed by atoms with van der Waals surface area (Å²) in [6.45, 7) is 0.884. The largest absolute Gasteiger partial charge is 0.368 e. The van der Waals surface area contributed by atoms with Crippen LogP contribution in [-0.4, -0.2) is 18.5 Å². The van der Waals surface area contributed by atoms with Gasteiger partial charge >= 0.3 is 0 Å². The van der Waals surface area contributed by atoms with Gasteiger partial charge in [-0.2, -0.15) is 0 Å². The Morgan fingerprint density at radius 3 is 2.56 bits per heavy atom. The number of hydrogen-bond acceptors (Lipinski definition) is 2. The van der Waals surface area contributed by atoms with E-state index in [9.17, 15) is 4.79 Å². The average Bonchev–Trinajstić information content (AvgIpc) is 2.67. The van der Waals surface area contributed by atoms with E-state index >= 15 is 0 Å². The highest BCUT2D eigenvalue weighted by molar-refractivity contribution is 6.30. The van der Waals surface area contributed by atoms with Crippen LogP contribution in [-0.2, 0) is 4.79 Å². The van der Waals surface area contributed by atoms with E-state index < -0.39 is 0 Å². The van der Waals surface area contributed by atoms with Gasteiger partial charge in [0.15, 0.2) is 0 Å². The Kier molecular flexibility index (Phi) is 4.44. The van der Waals surface area contributed by atoms with Gasteiger partial charge in [0.2, 0.25) is 5.91 Å². The molecule has 1 atom stereocenters. The van der Waals surface area contributed by atoms with Crippen molar-refractivity contribution in [3.8, 4) is 0 Å². The third kappa shape index (κ3) is 2.60. The van der Waals surface area contributed by atoms with E-state index in [0.29, 0.717) is 5.02 Å². The number of carbonyl (C=O) groups is 1. The van der Waals surface area contributed by atoms with Gasteiger partial charge in [0, 0.05) is 17.3 Å². The van der Waals surface area contributed by atoms with Crippen molar-refractivity contribution in [3.05, 3.63) is 29.3 Å². The predicted molar refractivity (Wildman–Crippen MR) is 68.3 cm³/mol. The van der Waals surface area contributed by atoms with Crippen molar-refractivity contribution in [1.29, 1.82) is 0 Å². The molecule has 1 aromatic rings. The number of primary amides is 1. The van der Waals surface area contributed by atoms with Crippen LogP contribution in [0.15, 0.2) is 24.3 Å². The molecular formula is C11H14Cl2N2O. The van der Waals surface area contributed by atoms with Gasteiger partial charge in [-0.1, -0.05) is 11.6 Å². The van der Waals surface area contributed by atoms with Gasteiger partial charge in [0.25, 0.3) is 0 Å². The fourth-order valence-corrected chi connectivity index (χ4v) is 2.13. The summed E-state index contributed by atoms with van der Waals surface area (Å²) in [5.74, 6) is -0.248. The maximum atomic E-state index is 11.2. The molecule has 0 aliphatic carbocycles. The number of hydrogen-bond donors (Lipinski definition) is 1. The zero-order valence-corrected chi connectivity index (χ0v) is 10.3. The van der Waals surface area contributed by atoms with Gasteiger partial charge in [0.05, 0.1) is 0 Å². The molecule has 1 fully saturated rings. The van der Waals surface area contributed by atoms with Crippen molar-refractivity contribution in [3.63, 3.8) is 0 Å². The molecule has 0 spiro atoms. The molecular weight excluding hydrogens is 247 g/mol. The molecule has 1 heterocycles. The van der Waals surface area contributed by atoms with Crippen molar-refractivity contribution in [2.45, 2.75) is 18.9 Å². The van der Waals surface area contributed by atoms with Gasteiger partial charge in [-0.3, -0.25) is 4.79 Å². The second-order valence-electron chi connectivity index (χ2n) is 3.73. The van der Waals surface area contributed by atoms with Crippen LogP contribution in [0.3, 0.4) is 0 Å². The molecule has 0 radical (unpaired) electrons. The monoisotopic (exact) mass is 260 g/mol. The van der Waals surface area contributed by atoms with Crippen LogP contribution in [0.1, 0.15) is 12.8 Å². The van der Waals surface area contributed by atoms with Gasteiger partial charge in [-0.05, 0) is 37.1 Å². The van der Waals surface area contributed by atoms with Crippen molar-refractivity contribution in [2.24, 2.45) is 5.73 Å². The van der Waals surface area contributed by atoms with Gasteiger partial charge in [-0.15, -0.1) is 12.4 Å². The number of nitrogens with two attached hydrogens (primary N) is 1. The summed E-state index contributed by atoms with van der Waals surface area (Å²) in [4.78, 5) is 13.2. The van der Waals surface area contributed by atoms with Crippen LogP contribution in [0.5, 0.6) is 0 Å². The molecule has 0 unspecified atom stereocenters. The minimum absolute atomic E-state index is 0. The summed E-state index contributed by atoms with van der Waals surface area (Å²) in [5, 5.41) is 0.702. The summed E-state index contributed by atoms with van der Waals surface area (Å²) in [5.41, 5.74) is 6.36. The number of carbonyl (C=O) groups excluding carboxylic acids is 1. The molecule has 1 saturated heterocycles. The highest BCUT2D eigenvalue weighted by Crippen LogP contribution is 2.26. The van der Waals surface area contributed by atoms with Gasteiger partial charge < -0.3 is 10.6 Å². The van der Waals surface area contributed by atoms with Crippen LogP contribution < -0.4 is 10.6 Å². The van der Waals surface area contributed by atoms with E-state index in [4.69, 9.17) is 17.3 Å². The van der Waals surface area contributed by atoms with E-state index in [2.05, 4.69) is 0 Å². The minimum atomic E-state index is -0.248. The fraction of sp³-hybridized carbons (Fsp3) is 0.364. The smallest absolute Gasteiger partial charge is 0.240 e. The lowest BCUT2D eigenvalue weighted by molar-refractivity contribution is -0.119. The zero-order valence-electron chi connectivity index (χ0n) is 8.73. The normalized spacial score (nSPS) is 19.3. The first kappa shape index (κ1) is 13.1. The summed E-state index contributed by atoms with van der Waals surface area (Å²) < 4.78 is 0. The fourth-order valence-electron chi connectivity index (χ4n) is 2.00. The first-order valence-electron chi connectivity index (χ1n) is 5.00. The van der Waals surface area contributed by atoms with Gasteiger partial charge in [0.1, 0.15) is 6.04 Å². The first-order chi connectivity index (χ1) is 7.18. The molecule has 0 aromatic heterocycles. The summed E-state index contributed by atoms with van der Waals surface area (Å²) in [7, 11) is 0. The third-order valence-electron chi connectivity index (χ3n) is 2.74. The Bertz CT molecular complexity index is 367. The Hall–Kier alpha value is -0.930. The highest BCUT2D eigenvalue weighted by atomic mass is 35.5. The second kappa shape index (κ2) is 5.41. The van der Waals surface area contributed by atoms with Crippen molar-refractivity contribution in [1.82, 2.24) is 0 Å². The number of anilines is 1. The summed E-state index contributed by atoms with van der Waals surface area (Å²) >= 11 is 5.81. The molecule has 3 nitrogen and oxygen atoms in total. The second-order valence-corrected chi connectivity index (χ2v) is 4.17. The van der Waals surface area contributed by atoms with Crippen LogP contribution in [0.2, 0.25) is 5.02 Å². The standard InChI is InChI=1S/C11H13ClN2O.ClH/c12-8-3-5-9(6-4-8)14-7-1-2-10(14)11(13)15;/h3-6,10H,1-2,7H2,(H2,13,15);1H/t10-;/m1./s1. The maximum Gasteiger partial charge on any atom is 0.240 e. The van der Waals surface area contributed by atoms with Gasteiger partial charge in [-0.25, -0.2) is 0 Å². The quantitative estimate of drug-likeness (QED) is 0.887. The molecule has 2 rings (SSSR count). The number of halogens is 2. The summed E-state index contributed by atoms with van der Waals surface area (Å²) in [6.07, 6.45) is 1.86. The lowest BCUT2D eigenvalue weighted by atomic mass is 10.2. The minimum Gasteiger partial charge on any atom is -0.368 e. The van der Waals surface area contributed by atoms with E-state index in [-0.39, 0.29) is 24.4 Å². The number of nitrogens with zero attached hydrogens (tertiary/aromatic N) is 1. The highest BCUT2D eigenvalue weighted by Gasteiger charge is 2.28. The molecule has 1 aromatic carbocycles. The number of amides is 1. The maximum absolute atomic E-state index is 11.2. The van der Waals surface area contributed by atoms with Crippen molar-refractivity contribution in [2.75, 3.05) is 11.4 Å². The van der Waals surface area contributed by atoms with E-state index in [1.54, 1.807) is 0 Å². The van der Waals surface area contributed by atoms with E-state index in [0.717, 1.165) is 25.1 Å². The van der Waals surface area contributed by atoms with Crippen LogP contribution in [0.4, 0.5) is 5.69 Å². The lowest BCUT2D eigenvalue weighted by Crippen LogP contribution is -2.40. The molecule has 0 saturated carbocycles. The van der Waals surface area contributed by atoms with Crippen LogP contribution >= 0.6 is 24.0 Å². The molecule has 88 valence electrons. The third-order valence-corrected chi connectivity index (χ3v) is 2.99. The Morgan fingerprint density at radius 1 is 1.38 bits per heavy atom. The molecule has 0 bridgehead atoms. The molecule has 1 amide bonds. The number of rotatable bonds is 2. The molecule has 5 heteroatoms. The Labute approximate surface area is 106 Å². The topological polar surface area (TPSA) is 46.3 Å². The van der Waals surface area contributed by atoms with E-state index in [1.807, 2.05) is 29.2 Å². The Morgan fingerprint density at radius 2 is 2.00 bits per heavy atom. The van der Waals surface area contributed by atoms with Crippen molar-refractivity contribution >= 4 is 35.6 Å². The average molecular weight is 261 g/mol. The van der Waals surface area contributed by atoms with E-state index in [1.165, 1.54) is 0 Å². The molecule has 2 N–H and O–H groups in total.